The average Bonchev–Trinajstić information content (AvgIpc) is 2.70. The Hall–Kier alpha value is -1.82. The minimum atomic E-state index is -0.135. The number of amides is 1. The number of nitrogens with one attached hydrogen (secondary N) is 1. The lowest BCUT2D eigenvalue weighted by Crippen LogP contribution is -2.23. The van der Waals surface area contributed by atoms with Gasteiger partial charge in [0.1, 0.15) is 5.82 Å². The van der Waals surface area contributed by atoms with E-state index in [2.05, 4.69) is 26.3 Å². The van der Waals surface area contributed by atoms with Crippen molar-refractivity contribution in [2.24, 2.45) is 7.05 Å². The third-order valence-corrected chi connectivity index (χ3v) is 3.79. The molecule has 0 saturated carbocycles. The van der Waals surface area contributed by atoms with E-state index >= 15 is 0 Å². The molecule has 1 aromatic heterocycles. The maximum absolute atomic E-state index is 12.0. The van der Waals surface area contributed by atoms with Gasteiger partial charge in [-0.25, -0.2) is 0 Å². The topological polar surface area (TPSA) is 72.9 Å². The molecule has 1 aromatic carbocycles. The number of nitrogens with two attached hydrogens (primary N) is 1. The SMILES string of the molecule is Cc1ccc(C(=O)NCc2cnn(C)c2N)cc1Br. The van der Waals surface area contributed by atoms with Gasteiger partial charge in [0.05, 0.1) is 6.20 Å². The van der Waals surface area contributed by atoms with Gasteiger partial charge in [-0.05, 0) is 24.6 Å². The van der Waals surface area contributed by atoms with Crippen molar-refractivity contribution in [2.45, 2.75) is 13.5 Å². The predicted octanol–water partition coefficient (Wildman–Crippen LogP) is 2.00. The highest BCUT2D eigenvalue weighted by Crippen LogP contribution is 2.17. The number of nitrogens with zero attached hydrogens (tertiary/aromatic N) is 2. The third-order valence-electron chi connectivity index (χ3n) is 2.94. The molecule has 5 nitrogen and oxygen atoms in total. The first-order valence-corrected chi connectivity index (χ1v) is 6.59. The normalized spacial score (nSPS) is 10.5. The molecule has 0 aliphatic heterocycles. The van der Waals surface area contributed by atoms with Crippen LogP contribution < -0.4 is 11.1 Å². The summed E-state index contributed by atoms with van der Waals surface area (Å²) in [6, 6.07) is 5.50. The van der Waals surface area contributed by atoms with Crippen molar-refractivity contribution in [3.8, 4) is 0 Å². The highest BCUT2D eigenvalue weighted by atomic mass is 79.9. The zero-order chi connectivity index (χ0) is 14.0. The lowest BCUT2D eigenvalue weighted by molar-refractivity contribution is 0.0951. The molecule has 2 rings (SSSR count). The van der Waals surface area contributed by atoms with Crippen LogP contribution in [0.1, 0.15) is 21.5 Å². The molecule has 2 aromatic rings. The Morgan fingerprint density at radius 2 is 2.26 bits per heavy atom. The summed E-state index contributed by atoms with van der Waals surface area (Å²) >= 11 is 3.41. The molecule has 0 unspecified atom stereocenters. The standard InChI is InChI=1S/C13H15BrN4O/c1-8-3-4-9(5-11(8)14)13(19)16-6-10-7-17-18(2)12(10)15/h3-5,7H,6,15H2,1-2H3,(H,16,19). The van der Waals surface area contributed by atoms with Crippen molar-refractivity contribution in [1.82, 2.24) is 15.1 Å². The van der Waals surface area contributed by atoms with Crippen LogP contribution in [-0.4, -0.2) is 15.7 Å². The molecule has 0 fully saturated rings. The molecule has 0 spiro atoms. The van der Waals surface area contributed by atoms with Crippen molar-refractivity contribution in [1.29, 1.82) is 0 Å². The zero-order valence-corrected chi connectivity index (χ0v) is 12.4. The molecule has 0 aliphatic carbocycles. The van der Waals surface area contributed by atoms with Gasteiger partial charge in [0, 0.05) is 29.2 Å². The van der Waals surface area contributed by atoms with Crippen molar-refractivity contribution >= 4 is 27.7 Å². The average molecular weight is 323 g/mol. The summed E-state index contributed by atoms with van der Waals surface area (Å²) in [5.41, 5.74) is 8.32. The Bertz CT molecular complexity index is 621. The van der Waals surface area contributed by atoms with Gasteiger partial charge in [-0.1, -0.05) is 22.0 Å². The summed E-state index contributed by atoms with van der Waals surface area (Å²) < 4.78 is 2.49. The van der Waals surface area contributed by atoms with Gasteiger partial charge in [0.25, 0.3) is 5.91 Å². The summed E-state index contributed by atoms with van der Waals surface area (Å²) in [4.78, 5) is 12.0. The Labute approximate surface area is 119 Å². The Balaban J connectivity index is 2.05. The number of aromatic nitrogens is 2. The lowest BCUT2D eigenvalue weighted by Gasteiger charge is -2.06. The molecule has 0 saturated heterocycles. The number of halogens is 1. The van der Waals surface area contributed by atoms with Gasteiger partial charge in [-0.3, -0.25) is 9.48 Å². The molecule has 0 aliphatic rings. The summed E-state index contributed by atoms with van der Waals surface area (Å²) in [6.07, 6.45) is 1.65. The Morgan fingerprint density at radius 1 is 1.53 bits per heavy atom. The van der Waals surface area contributed by atoms with E-state index in [1.807, 2.05) is 13.0 Å². The fourth-order valence-electron chi connectivity index (χ4n) is 1.64. The van der Waals surface area contributed by atoms with Crippen molar-refractivity contribution < 1.29 is 4.79 Å². The van der Waals surface area contributed by atoms with E-state index in [-0.39, 0.29) is 5.91 Å². The molecule has 0 atom stereocenters. The first-order valence-electron chi connectivity index (χ1n) is 5.79. The smallest absolute Gasteiger partial charge is 0.251 e. The summed E-state index contributed by atoms with van der Waals surface area (Å²) in [7, 11) is 1.76. The number of nitrogen functional groups attached to an aromatic ring is 1. The first kappa shape index (κ1) is 13.6. The number of benzene rings is 1. The number of hydrogen-bond acceptors (Lipinski definition) is 3. The highest BCUT2D eigenvalue weighted by molar-refractivity contribution is 9.10. The monoisotopic (exact) mass is 322 g/mol. The predicted molar refractivity (Wildman–Crippen MR) is 77.7 cm³/mol. The number of rotatable bonds is 3. The van der Waals surface area contributed by atoms with Crippen LogP contribution in [0.3, 0.4) is 0 Å². The number of aryl methyl sites for hydroxylation is 2. The second-order valence-corrected chi connectivity index (χ2v) is 5.18. The molecule has 100 valence electrons. The largest absolute Gasteiger partial charge is 0.384 e. The van der Waals surface area contributed by atoms with Crippen LogP contribution in [0.25, 0.3) is 0 Å². The van der Waals surface area contributed by atoms with Gasteiger partial charge in [-0.2, -0.15) is 5.10 Å². The second-order valence-electron chi connectivity index (χ2n) is 4.33. The van der Waals surface area contributed by atoms with Gasteiger partial charge >= 0.3 is 0 Å². The van der Waals surface area contributed by atoms with Crippen LogP contribution in [0.5, 0.6) is 0 Å². The summed E-state index contributed by atoms with van der Waals surface area (Å²) in [6.45, 7) is 2.34. The minimum absolute atomic E-state index is 0.135. The maximum Gasteiger partial charge on any atom is 0.251 e. The van der Waals surface area contributed by atoms with E-state index in [4.69, 9.17) is 5.73 Å². The van der Waals surface area contributed by atoms with E-state index in [0.29, 0.717) is 17.9 Å². The molecule has 0 bridgehead atoms. The highest BCUT2D eigenvalue weighted by Gasteiger charge is 2.09. The van der Waals surface area contributed by atoms with Crippen molar-refractivity contribution in [3.05, 3.63) is 45.6 Å². The number of anilines is 1. The number of carbonyl (C=O) groups is 1. The lowest BCUT2D eigenvalue weighted by atomic mass is 10.1. The molecule has 0 radical (unpaired) electrons. The summed E-state index contributed by atoms with van der Waals surface area (Å²) in [5.74, 6) is 0.425. The van der Waals surface area contributed by atoms with Gasteiger partial charge in [-0.15, -0.1) is 0 Å². The molecule has 1 heterocycles. The van der Waals surface area contributed by atoms with Crippen molar-refractivity contribution in [2.75, 3.05) is 5.73 Å². The molecule has 6 heteroatoms. The van der Waals surface area contributed by atoms with E-state index in [0.717, 1.165) is 15.6 Å². The van der Waals surface area contributed by atoms with Crippen LogP contribution in [0, 0.1) is 6.92 Å². The number of hydrogen-bond donors (Lipinski definition) is 2. The van der Waals surface area contributed by atoms with Crippen LogP contribution in [-0.2, 0) is 13.6 Å². The molecule has 1 amide bonds. The molecular weight excluding hydrogens is 308 g/mol. The van der Waals surface area contributed by atoms with Gasteiger partial charge in [0.15, 0.2) is 0 Å². The quantitative estimate of drug-likeness (QED) is 0.907. The van der Waals surface area contributed by atoms with Crippen LogP contribution in [0.15, 0.2) is 28.9 Å². The zero-order valence-electron chi connectivity index (χ0n) is 10.8. The minimum Gasteiger partial charge on any atom is -0.384 e. The Morgan fingerprint density at radius 3 is 2.84 bits per heavy atom. The fraction of sp³-hybridized carbons (Fsp3) is 0.231. The van der Waals surface area contributed by atoms with Crippen LogP contribution >= 0.6 is 15.9 Å². The van der Waals surface area contributed by atoms with E-state index < -0.39 is 0 Å². The molecule has 3 N–H and O–H groups in total. The van der Waals surface area contributed by atoms with E-state index in [1.54, 1.807) is 30.1 Å². The molecule has 19 heavy (non-hydrogen) atoms. The Kier molecular flexibility index (Phi) is 3.90. The summed E-state index contributed by atoms with van der Waals surface area (Å²) in [5, 5.41) is 6.85. The maximum atomic E-state index is 12.0. The van der Waals surface area contributed by atoms with Crippen molar-refractivity contribution in [3.63, 3.8) is 0 Å². The van der Waals surface area contributed by atoms with Gasteiger partial charge < -0.3 is 11.1 Å². The van der Waals surface area contributed by atoms with E-state index in [9.17, 15) is 4.79 Å². The van der Waals surface area contributed by atoms with Crippen LogP contribution in [0.4, 0.5) is 5.82 Å². The van der Waals surface area contributed by atoms with Gasteiger partial charge in [0.2, 0.25) is 0 Å². The number of carbonyl (C=O) groups excluding carboxylic acids is 1. The first-order chi connectivity index (χ1) is 8.99. The fourth-order valence-corrected chi connectivity index (χ4v) is 2.02. The third kappa shape index (κ3) is 2.96. The second kappa shape index (κ2) is 5.44. The van der Waals surface area contributed by atoms with Crippen LogP contribution in [0.2, 0.25) is 0 Å². The molecular formula is C13H15BrN4O. The van der Waals surface area contributed by atoms with E-state index in [1.165, 1.54) is 0 Å².